The molecule has 0 aliphatic carbocycles. The standard InChI is InChI=1S/C10H17ClN2S/c1-8(4-6-14)3-5-13-7-10(11)9(2)12-13/h7-8,14H,3-6H2,1-2H3. The number of nitrogens with zero attached hydrogens (tertiary/aromatic N) is 2. The molecular weight excluding hydrogens is 216 g/mol. The smallest absolute Gasteiger partial charge is 0.0814 e. The van der Waals surface area contributed by atoms with E-state index in [1.54, 1.807) is 0 Å². The Labute approximate surface area is 96.1 Å². The summed E-state index contributed by atoms with van der Waals surface area (Å²) in [6.07, 6.45) is 4.19. The van der Waals surface area contributed by atoms with Crippen LogP contribution in [0.2, 0.25) is 5.02 Å². The first-order valence-electron chi connectivity index (χ1n) is 4.94. The minimum atomic E-state index is 0.704. The minimum absolute atomic E-state index is 0.704. The zero-order chi connectivity index (χ0) is 10.6. The van der Waals surface area contributed by atoms with Crippen molar-refractivity contribution in [2.24, 2.45) is 5.92 Å². The van der Waals surface area contributed by atoms with E-state index < -0.39 is 0 Å². The van der Waals surface area contributed by atoms with E-state index in [1.165, 1.54) is 0 Å². The molecule has 0 aliphatic heterocycles. The van der Waals surface area contributed by atoms with Gasteiger partial charge in [0.2, 0.25) is 0 Å². The van der Waals surface area contributed by atoms with Crippen molar-refractivity contribution in [3.63, 3.8) is 0 Å². The first-order valence-corrected chi connectivity index (χ1v) is 5.95. The van der Waals surface area contributed by atoms with Crippen molar-refractivity contribution in [3.8, 4) is 0 Å². The van der Waals surface area contributed by atoms with Crippen LogP contribution in [0.1, 0.15) is 25.5 Å². The Balaban J connectivity index is 2.38. The van der Waals surface area contributed by atoms with Gasteiger partial charge in [-0.15, -0.1) is 0 Å². The SMILES string of the molecule is Cc1nn(CCC(C)CCS)cc1Cl. The van der Waals surface area contributed by atoms with Crippen LogP contribution in [0.25, 0.3) is 0 Å². The van der Waals surface area contributed by atoms with Crippen LogP contribution in [-0.4, -0.2) is 15.5 Å². The van der Waals surface area contributed by atoms with Crippen molar-refractivity contribution in [2.45, 2.75) is 33.2 Å². The largest absolute Gasteiger partial charge is 0.271 e. The quantitative estimate of drug-likeness (QED) is 0.772. The molecule has 1 rings (SSSR count). The lowest BCUT2D eigenvalue weighted by Crippen LogP contribution is -2.04. The minimum Gasteiger partial charge on any atom is -0.271 e. The Hall–Kier alpha value is -0.150. The van der Waals surface area contributed by atoms with E-state index in [0.717, 1.165) is 35.9 Å². The molecule has 0 fully saturated rings. The molecule has 2 nitrogen and oxygen atoms in total. The molecule has 1 aromatic rings. The molecule has 80 valence electrons. The van der Waals surface area contributed by atoms with Crippen LogP contribution in [0, 0.1) is 12.8 Å². The average Bonchev–Trinajstić information content (AvgIpc) is 2.44. The molecule has 0 N–H and O–H groups in total. The molecule has 0 aliphatic rings. The predicted octanol–water partition coefficient (Wildman–Crippen LogP) is 3.19. The van der Waals surface area contributed by atoms with Gasteiger partial charge in [-0.2, -0.15) is 17.7 Å². The molecule has 0 amide bonds. The van der Waals surface area contributed by atoms with E-state index in [1.807, 2.05) is 17.8 Å². The van der Waals surface area contributed by atoms with Gasteiger partial charge in [0, 0.05) is 12.7 Å². The molecule has 1 aromatic heterocycles. The van der Waals surface area contributed by atoms with Gasteiger partial charge < -0.3 is 0 Å². The van der Waals surface area contributed by atoms with Gasteiger partial charge in [-0.3, -0.25) is 4.68 Å². The van der Waals surface area contributed by atoms with Crippen molar-refractivity contribution in [1.82, 2.24) is 9.78 Å². The average molecular weight is 233 g/mol. The lowest BCUT2D eigenvalue weighted by Gasteiger charge is -2.08. The summed E-state index contributed by atoms with van der Waals surface area (Å²) in [6, 6.07) is 0. The maximum Gasteiger partial charge on any atom is 0.0814 e. The third kappa shape index (κ3) is 3.54. The third-order valence-corrected chi connectivity index (χ3v) is 2.99. The van der Waals surface area contributed by atoms with Gasteiger partial charge in [0.15, 0.2) is 0 Å². The number of halogens is 1. The van der Waals surface area contributed by atoms with Crippen LogP contribution in [0.5, 0.6) is 0 Å². The predicted molar refractivity (Wildman–Crippen MR) is 64.2 cm³/mol. The highest BCUT2D eigenvalue weighted by molar-refractivity contribution is 7.80. The molecule has 0 saturated heterocycles. The Morgan fingerprint density at radius 3 is 2.79 bits per heavy atom. The summed E-state index contributed by atoms with van der Waals surface area (Å²) in [6.45, 7) is 5.12. The van der Waals surface area contributed by atoms with Crippen molar-refractivity contribution >= 4 is 24.2 Å². The summed E-state index contributed by atoms with van der Waals surface area (Å²) in [5, 5.41) is 5.06. The molecule has 0 radical (unpaired) electrons. The first-order chi connectivity index (χ1) is 6.63. The lowest BCUT2D eigenvalue weighted by molar-refractivity contribution is 0.450. The summed E-state index contributed by atoms with van der Waals surface area (Å²) >= 11 is 10.1. The van der Waals surface area contributed by atoms with Crippen LogP contribution >= 0.6 is 24.2 Å². The maximum absolute atomic E-state index is 5.91. The fourth-order valence-corrected chi connectivity index (χ4v) is 1.92. The van der Waals surface area contributed by atoms with Crippen LogP contribution in [-0.2, 0) is 6.54 Å². The van der Waals surface area contributed by atoms with Crippen molar-refractivity contribution in [2.75, 3.05) is 5.75 Å². The second kappa shape index (κ2) is 5.66. The fraction of sp³-hybridized carbons (Fsp3) is 0.700. The second-order valence-electron chi connectivity index (χ2n) is 3.73. The summed E-state index contributed by atoms with van der Waals surface area (Å²) in [4.78, 5) is 0. The third-order valence-electron chi connectivity index (χ3n) is 2.36. The highest BCUT2D eigenvalue weighted by Crippen LogP contribution is 2.14. The van der Waals surface area contributed by atoms with Crippen LogP contribution in [0.15, 0.2) is 6.20 Å². The fourth-order valence-electron chi connectivity index (χ4n) is 1.33. The van der Waals surface area contributed by atoms with Gasteiger partial charge in [-0.1, -0.05) is 18.5 Å². The molecule has 0 saturated carbocycles. The molecule has 0 bridgehead atoms. The topological polar surface area (TPSA) is 17.8 Å². The van der Waals surface area contributed by atoms with E-state index in [0.29, 0.717) is 5.92 Å². The maximum atomic E-state index is 5.91. The number of hydrogen-bond acceptors (Lipinski definition) is 2. The molecule has 4 heteroatoms. The van der Waals surface area contributed by atoms with Gasteiger partial charge in [0.1, 0.15) is 0 Å². The van der Waals surface area contributed by atoms with Crippen LogP contribution in [0.4, 0.5) is 0 Å². The van der Waals surface area contributed by atoms with E-state index in [-0.39, 0.29) is 0 Å². The number of thiol groups is 1. The molecular formula is C10H17ClN2S. The van der Waals surface area contributed by atoms with Gasteiger partial charge in [-0.25, -0.2) is 0 Å². The highest BCUT2D eigenvalue weighted by Gasteiger charge is 2.04. The molecule has 1 atom stereocenters. The Bertz CT molecular complexity index is 266. The van der Waals surface area contributed by atoms with E-state index >= 15 is 0 Å². The zero-order valence-corrected chi connectivity index (χ0v) is 10.4. The summed E-state index contributed by atoms with van der Waals surface area (Å²) in [7, 11) is 0. The Morgan fingerprint density at radius 1 is 1.57 bits per heavy atom. The van der Waals surface area contributed by atoms with E-state index in [9.17, 15) is 0 Å². The van der Waals surface area contributed by atoms with Crippen molar-refractivity contribution in [1.29, 1.82) is 0 Å². The Kier molecular flexibility index (Phi) is 4.82. The molecule has 0 spiro atoms. The van der Waals surface area contributed by atoms with E-state index in [4.69, 9.17) is 11.6 Å². The van der Waals surface area contributed by atoms with Crippen LogP contribution in [0.3, 0.4) is 0 Å². The van der Waals surface area contributed by atoms with Gasteiger partial charge >= 0.3 is 0 Å². The summed E-state index contributed by atoms with van der Waals surface area (Å²) in [5.41, 5.74) is 0.911. The van der Waals surface area contributed by atoms with Gasteiger partial charge in [0.05, 0.1) is 10.7 Å². The Morgan fingerprint density at radius 2 is 2.29 bits per heavy atom. The van der Waals surface area contributed by atoms with Gasteiger partial charge in [0.25, 0.3) is 0 Å². The van der Waals surface area contributed by atoms with Crippen LogP contribution < -0.4 is 0 Å². The first kappa shape index (κ1) is 11.9. The number of aromatic nitrogens is 2. The highest BCUT2D eigenvalue weighted by atomic mass is 35.5. The molecule has 1 unspecified atom stereocenters. The van der Waals surface area contributed by atoms with Crippen molar-refractivity contribution in [3.05, 3.63) is 16.9 Å². The summed E-state index contributed by atoms with van der Waals surface area (Å²) < 4.78 is 1.92. The summed E-state index contributed by atoms with van der Waals surface area (Å²) in [5.74, 6) is 1.66. The van der Waals surface area contributed by atoms with E-state index in [2.05, 4.69) is 24.7 Å². The monoisotopic (exact) mass is 232 g/mol. The lowest BCUT2D eigenvalue weighted by atomic mass is 10.1. The molecule has 0 aromatic carbocycles. The number of hydrogen-bond donors (Lipinski definition) is 1. The number of rotatable bonds is 5. The molecule has 14 heavy (non-hydrogen) atoms. The zero-order valence-electron chi connectivity index (χ0n) is 8.70. The number of aryl methyl sites for hydroxylation is 2. The van der Waals surface area contributed by atoms with Crippen molar-refractivity contribution < 1.29 is 0 Å². The normalized spacial score (nSPS) is 13.1. The van der Waals surface area contributed by atoms with Gasteiger partial charge in [-0.05, 0) is 31.4 Å². The molecule has 1 heterocycles. The second-order valence-corrected chi connectivity index (χ2v) is 4.59.